The van der Waals surface area contributed by atoms with Crippen LogP contribution >= 0.6 is 0 Å². The van der Waals surface area contributed by atoms with Crippen molar-refractivity contribution < 1.29 is 36.6 Å². The van der Waals surface area contributed by atoms with E-state index in [0.717, 1.165) is 19.3 Å². The largest absolute Gasteiger partial charge is 2.00 e. The summed E-state index contributed by atoms with van der Waals surface area (Å²) in [6, 6.07) is 0. The predicted molar refractivity (Wildman–Crippen MR) is 42.3 cm³/mol. The molecule has 0 saturated heterocycles. The van der Waals surface area contributed by atoms with E-state index in [1.165, 1.54) is 0 Å². The molecule has 0 atom stereocenters. The van der Waals surface area contributed by atoms with Gasteiger partial charge in [0, 0.05) is 11.9 Å². The molecule has 0 aliphatic carbocycles. The van der Waals surface area contributed by atoms with Crippen LogP contribution in [0.1, 0.15) is 44.9 Å². The second-order valence-corrected chi connectivity index (χ2v) is 3.01. The summed E-state index contributed by atoms with van der Waals surface area (Å²) < 4.78 is 0. The van der Waals surface area contributed by atoms with Gasteiger partial charge in [0.15, 0.2) is 0 Å². The van der Waals surface area contributed by atoms with E-state index in [1.54, 1.807) is 0 Å². The van der Waals surface area contributed by atoms with Gasteiger partial charge in [0.1, 0.15) is 0 Å². The molecule has 0 aromatic carbocycles. The first kappa shape index (κ1) is 15.9. The molecule has 0 bridgehead atoms. The maximum Gasteiger partial charge on any atom is 2.00 e. The predicted octanol–water partition coefficient (Wildman–Crippen LogP) is -0.786. The number of carboxylic acid groups (broad SMARTS) is 2. The van der Waals surface area contributed by atoms with Crippen LogP contribution in [-0.4, -0.2) is 11.9 Å². The summed E-state index contributed by atoms with van der Waals surface area (Å²) in [6.45, 7) is 0. The van der Waals surface area contributed by atoms with Crippen molar-refractivity contribution in [2.24, 2.45) is 0 Å². The number of carboxylic acids is 2. The van der Waals surface area contributed by atoms with Crippen LogP contribution in [0.3, 0.4) is 0 Å². The molecule has 0 unspecified atom stereocenters. The molecule has 0 spiro atoms. The number of unbranched alkanes of at least 4 members (excludes halogenated alkanes) is 4. The molecular formula is C9H14CoO4. The van der Waals surface area contributed by atoms with Gasteiger partial charge < -0.3 is 19.8 Å². The van der Waals surface area contributed by atoms with Crippen LogP contribution < -0.4 is 10.2 Å². The number of rotatable bonds is 8. The zero-order chi connectivity index (χ0) is 10.1. The monoisotopic (exact) mass is 245 g/mol. The minimum Gasteiger partial charge on any atom is -0.550 e. The van der Waals surface area contributed by atoms with Crippen LogP contribution in [0.5, 0.6) is 0 Å². The van der Waals surface area contributed by atoms with E-state index < -0.39 is 11.9 Å². The zero-order valence-corrected chi connectivity index (χ0v) is 8.96. The van der Waals surface area contributed by atoms with Crippen molar-refractivity contribution in [1.82, 2.24) is 0 Å². The Bertz CT molecular complexity index is 152. The van der Waals surface area contributed by atoms with Gasteiger partial charge in [-0.25, -0.2) is 0 Å². The van der Waals surface area contributed by atoms with Gasteiger partial charge in [-0.15, -0.1) is 0 Å². The van der Waals surface area contributed by atoms with Crippen molar-refractivity contribution in [3.8, 4) is 0 Å². The standard InChI is InChI=1S/C9H16O4.Co/c10-8(11)6-4-2-1-3-5-7-9(12)13;/h1-7H2,(H,10,11)(H,12,13);/q;+2/p-2. The molecule has 0 N–H and O–H groups in total. The molecule has 1 radical (unpaired) electrons. The quantitative estimate of drug-likeness (QED) is 0.525. The average Bonchev–Trinajstić information content (AvgIpc) is 2.01. The van der Waals surface area contributed by atoms with Crippen molar-refractivity contribution in [3.63, 3.8) is 0 Å². The molecule has 0 fully saturated rings. The van der Waals surface area contributed by atoms with Gasteiger partial charge >= 0.3 is 16.8 Å². The van der Waals surface area contributed by atoms with Crippen molar-refractivity contribution in [3.05, 3.63) is 0 Å². The molecule has 0 aromatic heterocycles. The minimum atomic E-state index is -1.02. The van der Waals surface area contributed by atoms with Gasteiger partial charge in [-0.3, -0.25) is 0 Å². The van der Waals surface area contributed by atoms with Gasteiger partial charge in [0.25, 0.3) is 0 Å². The molecule has 0 rings (SSSR count). The van der Waals surface area contributed by atoms with Crippen molar-refractivity contribution >= 4 is 11.9 Å². The topological polar surface area (TPSA) is 80.3 Å². The summed E-state index contributed by atoms with van der Waals surface area (Å²) in [7, 11) is 0. The van der Waals surface area contributed by atoms with E-state index in [2.05, 4.69) is 0 Å². The Morgan fingerprint density at radius 2 is 1.00 bits per heavy atom. The Labute approximate surface area is 93.9 Å². The Morgan fingerprint density at radius 1 is 0.714 bits per heavy atom. The van der Waals surface area contributed by atoms with Crippen LogP contribution in [0.2, 0.25) is 0 Å². The normalized spacial score (nSPS) is 9.14. The maximum atomic E-state index is 9.98. The van der Waals surface area contributed by atoms with Gasteiger partial charge in [-0.05, 0) is 25.7 Å². The van der Waals surface area contributed by atoms with E-state index in [1.807, 2.05) is 0 Å². The van der Waals surface area contributed by atoms with Crippen LogP contribution in [0.15, 0.2) is 0 Å². The smallest absolute Gasteiger partial charge is 0.550 e. The molecule has 0 aliphatic heterocycles. The molecular weight excluding hydrogens is 231 g/mol. The minimum absolute atomic E-state index is 0. The Hall–Kier alpha value is -0.554. The Balaban J connectivity index is 0. The van der Waals surface area contributed by atoms with Crippen molar-refractivity contribution in [2.45, 2.75) is 44.9 Å². The Kier molecular flexibility index (Phi) is 12.0. The number of carbonyl (C=O) groups is 2. The van der Waals surface area contributed by atoms with E-state index in [4.69, 9.17) is 0 Å². The molecule has 14 heavy (non-hydrogen) atoms. The van der Waals surface area contributed by atoms with Crippen LogP contribution in [0.25, 0.3) is 0 Å². The molecule has 83 valence electrons. The summed E-state index contributed by atoms with van der Waals surface area (Å²) >= 11 is 0. The number of hydrogen-bond acceptors (Lipinski definition) is 4. The fourth-order valence-electron chi connectivity index (χ4n) is 1.07. The first-order valence-electron chi connectivity index (χ1n) is 4.52. The fraction of sp³-hybridized carbons (Fsp3) is 0.778. The number of aliphatic carboxylic acids is 2. The zero-order valence-electron chi connectivity index (χ0n) is 7.92. The van der Waals surface area contributed by atoms with Crippen molar-refractivity contribution in [1.29, 1.82) is 0 Å². The molecule has 0 heterocycles. The van der Waals surface area contributed by atoms with Crippen LogP contribution in [-0.2, 0) is 26.4 Å². The molecule has 0 aromatic rings. The van der Waals surface area contributed by atoms with E-state index in [9.17, 15) is 19.8 Å². The average molecular weight is 245 g/mol. The van der Waals surface area contributed by atoms with Gasteiger partial charge in [-0.2, -0.15) is 0 Å². The van der Waals surface area contributed by atoms with E-state index in [0.29, 0.717) is 12.8 Å². The summed E-state index contributed by atoms with van der Waals surface area (Å²) in [5.41, 5.74) is 0. The molecule has 0 amide bonds. The summed E-state index contributed by atoms with van der Waals surface area (Å²) in [5, 5.41) is 20.0. The van der Waals surface area contributed by atoms with Gasteiger partial charge in [0.05, 0.1) is 0 Å². The van der Waals surface area contributed by atoms with Gasteiger partial charge in [0.2, 0.25) is 0 Å². The molecule has 5 heteroatoms. The maximum absolute atomic E-state index is 9.98. The third-order valence-corrected chi connectivity index (χ3v) is 1.76. The molecule has 0 saturated carbocycles. The third kappa shape index (κ3) is 14.0. The molecule has 4 nitrogen and oxygen atoms in total. The second-order valence-electron chi connectivity index (χ2n) is 3.01. The van der Waals surface area contributed by atoms with E-state index >= 15 is 0 Å². The number of hydrogen-bond donors (Lipinski definition) is 0. The SMILES string of the molecule is O=C([O-])CCCCCCCC(=O)[O-].[Co+2]. The summed E-state index contributed by atoms with van der Waals surface area (Å²) in [6.07, 6.45) is 3.95. The first-order valence-corrected chi connectivity index (χ1v) is 4.52. The fourth-order valence-corrected chi connectivity index (χ4v) is 1.07. The number of carbonyl (C=O) groups excluding carboxylic acids is 2. The Morgan fingerprint density at radius 3 is 1.29 bits per heavy atom. The first-order chi connectivity index (χ1) is 6.13. The summed E-state index contributed by atoms with van der Waals surface area (Å²) in [5.74, 6) is -2.04. The van der Waals surface area contributed by atoms with E-state index in [-0.39, 0.29) is 29.6 Å². The second kappa shape index (κ2) is 10.5. The third-order valence-electron chi connectivity index (χ3n) is 1.76. The van der Waals surface area contributed by atoms with Crippen LogP contribution in [0.4, 0.5) is 0 Å². The van der Waals surface area contributed by atoms with Crippen LogP contribution in [0, 0.1) is 0 Å². The summed E-state index contributed by atoms with van der Waals surface area (Å²) in [4.78, 5) is 20.0. The van der Waals surface area contributed by atoms with Crippen molar-refractivity contribution in [2.75, 3.05) is 0 Å². The molecule has 0 aliphatic rings. The van der Waals surface area contributed by atoms with Gasteiger partial charge in [-0.1, -0.05) is 19.3 Å².